The van der Waals surface area contributed by atoms with Crippen molar-refractivity contribution >= 4 is 17.7 Å². The van der Waals surface area contributed by atoms with Gasteiger partial charge in [-0.25, -0.2) is 0 Å². The Labute approximate surface area is 143 Å². The summed E-state index contributed by atoms with van der Waals surface area (Å²) < 4.78 is 5.15. The van der Waals surface area contributed by atoms with Gasteiger partial charge >= 0.3 is 0 Å². The molecule has 23 heavy (non-hydrogen) atoms. The van der Waals surface area contributed by atoms with Crippen LogP contribution in [0.2, 0.25) is 0 Å². The van der Waals surface area contributed by atoms with E-state index in [2.05, 4.69) is 29.4 Å². The van der Waals surface area contributed by atoms with Crippen LogP contribution in [0.25, 0.3) is 0 Å². The number of nitrogens with zero attached hydrogens (tertiary/aromatic N) is 1. The van der Waals surface area contributed by atoms with Gasteiger partial charge in [-0.15, -0.1) is 11.8 Å². The molecular weight excluding hydrogens is 308 g/mol. The highest BCUT2D eigenvalue weighted by molar-refractivity contribution is 7.99. The van der Waals surface area contributed by atoms with E-state index in [4.69, 9.17) is 4.74 Å². The molecule has 1 aromatic carbocycles. The van der Waals surface area contributed by atoms with Crippen LogP contribution in [-0.4, -0.2) is 48.8 Å². The number of methoxy groups -OCH3 is 1. The summed E-state index contributed by atoms with van der Waals surface area (Å²) in [4.78, 5) is 14.7. The molecule has 2 aliphatic heterocycles. The van der Waals surface area contributed by atoms with E-state index in [1.54, 1.807) is 18.9 Å². The normalized spacial score (nSPS) is 27.0. The highest BCUT2D eigenvalue weighted by atomic mass is 32.2. The average molecular weight is 334 g/mol. The summed E-state index contributed by atoms with van der Waals surface area (Å²) >= 11 is 1.67. The van der Waals surface area contributed by atoms with E-state index in [1.807, 2.05) is 12.1 Å². The smallest absolute Gasteiger partial charge is 0.230 e. The fourth-order valence-electron chi connectivity index (χ4n) is 3.78. The zero-order valence-corrected chi connectivity index (χ0v) is 14.8. The van der Waals surface area contributed by atoms with Gasteiger partial charge in [-0.05, 0) is 50.4 Å². The summed E-state index contributed by atoms with van der Waals surface area (Å²) in [6.07, 6.45) is 4.81. The number of carbonyl (C=O) groups is 1. The fraction of sp³-hybridized carbons (Fsp3) is 0.611. The first-order valence-electron chi connectivity index (χ1n) is 8.37. The summed E-state index contributed by atoms with van der Waals surface area (Å²) in [5.41, 5.74) is 1.22. The maximum atomic E-state index is 12.2. The van der Waals surface area contributed by atoms with Gasteiger partial charge in [0.25, 0.3) is 0 Å². The number of hydrogen-bond donors (Lipinski definition) is 1. The Morgan fingerprint density at radius 2 is 1.91 bits per heavy atom. The number of ether oxygens (including phenoxy) is 1. The van der Waals surface area contributed by atoms with Gasteiger partial charge in [0.2, 0.25) is 5.91 Å². The average Bonchev–Trinajstić information content (AvgIpc) is 2.76. The number of piperidine rings is 1. The van der Waals surface area contributed by atoms with Gasteiger partial charge in [-0.1, -0.05) is 12.1 Å². The number of carbonyl (C=O) groups excluding carboxylic acids is 1. The van der Waals surface area contributed by atoms with E-state index in [-0.39, 0.29) is 5.91 Å². The molecule has 2 atom stereocenters. The molecule has 1 N–H and O–H groups in total. The Kier molecular flexibility index (Phi) is 5.49. The summed E-state index contributed by atoms with van der Waals surface area (Å²) in [5.74, 6) is 2.44. The second-order valence-electron chi connectivity index (χ2n) is 6.63. The first kappa shape index (κ1) is 16.7. The lowest BCUT2D eigenvalue weighted by Gasteiger charge is -2.36. The number of benzene rings is 1. The van der Waals surface area contributed by atoms with E-state index >= 15 is 0 Å². The monoisotopic (exact) mass is 334 g/mol. The Morgan fingerprint density at radius 1 is 1.26 bits per heavy atom. The van der Waals surface area contributed by atoms with Crippen LogP contribution < -0.4 is 10.1 Å². The Bertz CT molecular complexity index is 520. The molecule has 0 aromatic heterocycles. The molecule has 126 valence electrons. The molecule has 2 fully saturated rings. The van der Waals surface area contributed by atoms with Gasteiger partial charge in [0.1, 0.15) is 5.75 Å². The van der Waals surface area contributed by atoms with Crippen LogP contribution in [0.3, 0.4) is 0 Å². The third-order valence-corrected chi connectivity index (χ3v) is 6.13. The standard InChI is InChI=1S/C18H26N2O2S/c1-20-15-5-6-16(20)10-14(9-15)19-18(21)12-23-11-13-3-7-17(22-2)8-4-13/h3-4,7-8,14-16H,5-6,9-12H2,1-2H3,(H,19,21). The van der Waals surface area contributed by atoms with E-state index in [0.29, 0.717) is 23.9 Å². The van der Waals surface area contributed by atoms with Gasteiger partial charge in [0.05, 0.1) is 12.9 Å². The molecule has 0 aliphatic carbocycles. The molecule has 0 saturated carbocycles. The fourth-order valence-corrected chi connectivity index (χ4v) is 4.58. The van der Waals surface area contributed by atoms with E-state index in [1.165, 1.54) is 18.4 Å². The molecule has 3 rings (SSSR count). The Hall–Kier alpha value is -1.20. The largest absolute Gasteiger partial charge is 0.497 e. The zero-order valence-electron chi connectivity index (χ0n) is 14.0. The van der Waals surface area contributed by atoms with Crippen molar-refractivity contribution in [3.8, 4) is 5.75 Å². The molecule has 2 aliphatic rings. The van der Waals surface area contributed by atoms with Crippen molar-refractivity contribution in [3.63, 3.8) is 0 Å². The van der Waals surface area contributed by atoms with Gasteiger partial charge in [0.15, 0.2) is 0 Å². The van der Waals surface area contributed by atoms with Crippen LogP contribution in [0, 0.1) is 0 Å². The topological polar surface area (TPSA) is 41.6 Å². The van der Waals surface area contributed by atoms with E-state index in [0.717, 1.165) is 24.3 Å². The lowest BCUT2D eigenvalue weighted by molar-refractivity contribution is -0.119. The van der Waals surface area contributed by atoms with Crippen molar-refractivity contribution < 1.29 is 9.53 Å². The van der Waals surface area contributed by atoms with Crippen LogP contribution >= 0.6 is 11.8 Å². The van der Waals surface area contributed by atoms with Gasteiger partial charge < -0.3 is 15.0 Å². The highest BCUT2D eigenvalue weighted by Gasteiger charge is 2.38. The lowest BCUT2D eigenvalue weighted by atomic mass is 9.98. The molecule has 4 nitrogen and oxygen atoms in total. The maximum absolute atomic E-state index is 12.2. The molecule has 2 unspecified atom stereocenters. The zero-order chi connectivity index (χ0) is 16.2. The third-order valence-electron chi connectivity index (χ3n) is 5.12. The summed E-state index contributed by atoms with van der Waals surface area (Å²) in [6, 6.07) is 9.75. The molecule has 0 radical (unpaired) electrons. The van der Waals surface area contributed by atoms with Crippen molar-refractivity contribution in [2.24, 2.45) is 0 Å². The van der Waals surface area contributed by atoms with Crippen molar-refractivity contribution in [2.75, 3.05) is 19.9 Å². The molecule has 2 bridgehead atoms. The molecule has 1 aromatic rings. The second kappa shape index (κ2) is 7.58. The summed E-state index contributed by atoms with van der Waals surface area (Å²) in [6.45, 7) is 0. The molecule has 5 heteroatoms. The molecule has 1 amide bonds. The van der Waals surface area contributed by atoms with Crippen LogP contribution in [-0.2, 0) is 10.5 Å². The molecular formula is C18H26N2O2S. The van der Waals surface area contributed by atoms with Crippen molar-refractivity contribution in [2.45, 2.75) is 49.6 Å². The van der Waals surface area contributed by atoms with Crippen LogP contribution in [0.4, 0.5) is 0 Å². The molecule has 2 heterocycles. The second-order valence-corrected chi connectivity index (χ2v) is 7.61. The van der Waals surface area contributed by atoms with Gasteiger partial charge in [-0.3, -0.25) is 4.79 Å². The van der Waals surface area contributed by atoms with Gasteiger partial charge in [-0.2, -0.15) is 0 Å². The first-order chi connectivity index (χ1) is 11.2. The third kappa shape index (κ3) is 4.21. The highest BCUT2D eigenvalue weighted by Crippen LogP contribution is 2.34. The van der Waals surface area contributed by atoms with E-state index < -0.39 is 0 Å². The molecule has 2 saturated heterocycles. The first-order valence-corrected chi connectivity index (χ1v) is 9.53. The number of nitrogens with one attached hydrogen (secondary N) is 1. The van der Waals surface area contributed by atoms with Crippen LogP contribution in [0.1, 0.15) is 31.2 Å². The number of amides is 1. The number of thioether (sulfide) groups is 1. The minimum Gasteiger partial charge on any atom is -0.497 e. The Morgan fingerprint density at radius 3 is 2.52 bits per heavy atom. The number of fused-ring (bicyclic) bond motifs is 2. The minimum atomic E-state index is 0.178. The van der Waals surface area contributed by atoms with E-state index in [9.17, 15) is 4.79 Å². The lowest BCUT2D eigenvalue weighted by Crippen LogP contribution is -2.49. The van der Waals surface area contributed by atoms with Crippen molar-refractivity contribution in [1.29, 1.82) is 0 Å². The predicted octanol–water partition coefficient (Wildman–Crippen LogP) is 2.67. The summed E-state index contributed by atoms with van der Waals surface area (Å²) in [5, 5.41) is 3.24. The van der Waals surface area contributed by atoms with Crippen LogP contribution in [0.5, 0.6) is 5.75 Å². The molecule has 0 spiro atoms. The minimum absolute atomic E-state index is 0.178. The number of hydrogen-bond acceptors (Lipinski definition) is 4. The maximum Gasteiger partial charge on any atom is 0.230 e. The Balaban J connectivity index is 1.38. The predicted molar refractivity (Wildman–Crippen MR) is 94.9 cm³/mol. The SMILES string of the molecule is COc1ccc(CSCC(=O)NC2CC3CCC(C2)N3C)cc1. The van der Waals surface area contributed by atoms with Crippen LogP contribution in [0.15, 0.2) is 24.3 Å². The summed E-state index contributed by atoms with van der Waals surface area (Å²) in [7, 11) is 3.90. The van der Waals surface area contributed by atoms with Crippen molar-refractivity contribution in [1.82, 2.24) is 10.2 Å². The van der Waals surface area contributed by atoms with Crippen molar-refractivity contribution in [3.05, 3.63) is 29.8 Å². The quantitative estimate of drug-likeness (QED) is 0.868. The van der Waals surface area contributed by atoms with Gasteiger partial charge in [0, 0.05) is 23.9 Å². The number of rotatable bonds is 6.